The summed E-state index contributed by atoms with van der Waals surface area (Å²) in [5, 5.41) is 18.1. The Morgan fingerprint density at radius 1 is 1.50 bits per heavy atom. The quantitative estimate of drug-likeness (QED) is 0.461. The number of ketones is 1. The minimum absolute atomic E-state index is 0.273. The minimum atomic E-state index is -1.22. The molecule has 1 heterocycles. The normalized spacial score (nSPS) is 15.3. The summed E-state index contributed by atoms with van der Waals surface area (Å²) >= 11 is 0. The van der Waals surface area contributed by atoms with Gasteiger partial charge < -0.3 is 20.5 Å². The van der Waals surface area contributed by atoms with Crippen LogP contribution in [0.15, 0.2) is 18.2 Å². The predicted molar refractivity (Wildman–Crippen MR) is 63.4 cm³/mol. The van der Waals surface area contributed by atoms with Gasteiger partial charge in [-0.3, -0.25) is 9.59 Å². The van der Waals surface area contributed by atoms with E-state index in [0.29, 0.717) is 17.6 Å². The lowest BCUT2D eigenvalue weighted by Crippen LogP contribution is -2.33. The SMILES string of the molecule is N[C@@H](CC(=O)c1ccc2c(c1)B(O)OC2)C(=O)O. The van der Waals surface area contributed by atoms with Crippen LogP contribution in [0.2, 0.25) is 0 Å². The van der Waals surface area contributed by atoms with Crippen molar-refractivity contribution in [2.75, 3.05) is 0 Å². The first-order valence-corrected chi connectivity index (χ1v) is 5.43. The average molecular weight is 249 g/mol. The highest BCUT2D eigenvalue weighted by atomic mass is 16.5. The third kappa shape index (κ3) is 2.43. The van der Waals surface area contributed by atoms with Gasteiger partial charge in [0.15, 0.2) is 5.78 Å². The van der Waals surface area contributed by atoms with Crippen molar-refractivity contribution in [1.29, 1.82) is 0 Å². The molecule has 0 saturated heterocycles. The molecule has 0 spiro atoms. The van der Waals surface area contributed by atoms with Crippen molar-refractivity contribution >= 4 is 24.3 Å². The van der Waals surface area contributed by atoms with E-state index in [4.69, 9.17) is 15.5 Å². The van der Waals surface area contributed by atoms with Crippen LogP contribution in [0.1, 0.15) is 22.3 Å². The van der Waals surface area contributed by atoms with Gasteiger partial charge >= 0.3 is 13.1 Å². The van der Waals surface area contributed by atoms with Gasteiger partial charge in [0, 0.05) is 12.0 Å². The summed E-state index contributed by atoms with van der Waals surface area (Å²) in [6.07, 6.45) is -0.273. The summed E-state index contributed by atoms with van der Waals surface area (Å²) in [6.45, 7) is 0.305. The predicted octanol–water partition coefficient (Wildman–Crippen LogP) is -1.11. The molecule has 1 atom stereocenters. The Bertz CT molecular complexity index is 504. The van der Waals surface area contributed by atoms with E-state index in [2.05, 4.69) is 0 Å². The number of rotatable bonds is 4. The number of hydrogen-bond donors (Lipinski definition) is 3. The van der Waals surface area contributed by atoms with Crippen LogP contribution in [0, 0.1) is 0 Å². The molecular formula is C11H12BNO5. The third-order valence-electron chi connectivity index (χ3n) is 2.85. The number of carbonyl (C=O) groups is 2. The maximum Gasteiger partial charge on any atom is 0.491 e. The summed E-state index contributed by atoms with van der Waals surface area (Å²) < 4.78 is 5.00. The molecule has 1 aromatic rings. The van der Waals surface area contributed by atoms with Crippen LogP contribution in [0.25, 0.3) is 0 Å². The van der Waals surface area contributed by atoms with E-state index in [1.165, 1.54) is 6.07 Å². The van der Waals surface area contributed by atoms with Gasteiger partial charge in [-0.1, -0.05) is 18.2 Å². The van der Waals surface area contributed by atoms with E-state index in [9.17, 15) is 14.6 Å². The van der Waals surface area contributed by atoms with Gasteiger partial charge in [-0.25, -0.2) is 0 Å². The van der Waals surface area contributed by atoms with Gasteiger partial charge in [-0.15, -0.1) is 0 Å². The molecule has 1 aromatic carbocycles. The molecule has 1 aliphatic rings. The number of aliphatic carboxylic acids is 1. The number of carbonyl (C=O) groups excluding carboxylic acids is 1. The summed E-state index contributed by atoms with van der Waals surface area (Å²) in [5.74, 6) is -1.58. The number of Topliss-reactive ketones (excluding diaryl/α,β-unsaturated/α-hetero) is 1. The first kappa shape index (κ1) is 12.8. The number of benzene rings is 1. The van der Waals surface area contributed by atoms with E-state index in [1.807, 2.05) is 0 Å². The second-order valence-corrected chi connectivity index (χ2v) is 4.15. The molecule has 0 unspecified atom stereocenters. The molecule has 0 amide bonds. The molecule has 0 radical (unpaired) electrons. The number of fused-ring (bicyclic) bond motifs is 1. The zero-order valence-electron chi connectivity index (χ0n) is 9.50. The monoisotopic (exact) mass is 249 g/mol. The molecule has 0 aromatic heterocycles. The van der Waals surface area contributed by atoms with Crippen molar-refractivity contribution in [3.05, 3.63) is 29.3 Å². The first-order valence-electron chi connectivity index (χ1n) is 5.43. The van der Waals surface area contributed by atoms with Gasteiger partial charge in [0.05, 0.1) is 6.61 Å². The molecule has 6 nitrogen and oxygen atoms in total. The van der Waals surface area contributed by atoms with Crippen LogP contribution in [0.3, 0.4) is 0 Å². The summed E-state index contributed by atoms with van der Waals surface area (Å²) in [5.41, 5.74) is 7.00. The van der Waals surface area contributed by atoms with Crippen LogP contribution in [0.4, 0.5) is 0 Å². The van der Waals surface area contributed by atoms with E-state index < -0.39 is 19.1 Å². The highest BCUT2D eigenvalue weighted by molar-refractivity contribution is 6.61. The van der Waals surface area contributed by atoms with Crippen molar-refractivity contribution in [2.24, 2.45) is 5.73 Å². The van der Waals surface area contributed by atoms with Crippen molar-refractivity contribution < 1.29 is 24.4 Å². The van der Waals surface area contributed by atoms with Gasteiger partial charge in [-0.05, 0) is 11.0 Å². The smallest absolute Gasteiger partial charge is 0.480 e. The van der Waals surface area contributed by atoms with Gasteiger partial charge in [0.2, 0.25) is 0 Å². The molecule has 0 saturated carbocycles. The highest BCUT2D eigenvalue weighted by Crippen LogP contribution is 2.13. The Balaban J connectivity index is 2.17. The number of hydrogen-bond acceptors (Lipinski definition) is 5. The summed E-state index contributed by atoms with van der Waals surface area (Å²) in [4.78, 5) is 22.4. The van der Waals surface area contributed by atoms with Gasteiger partial charge in [-0.2, -0.15) is 0 Å². The van der Waals surface area contributed by atoms with E-state index in [-0.39, 0.29) is 12.2 Å². The standard InChI is InChI=1S/C11H12BNO5/c13-9(11(15)16)4-10(14)6-1-2-7-5-18-12(17)8(7)3-6/h1-3,9,17H,4-5,13H2,(H,15,16)/t9-/m0/s1. The largest absolute Gasteiger partial charge is 0.491 e. The number of carboxylic acid groups (broad SMARTS) is 1. The van der Waals surface area contributed by atoms with Crippen molar-refractivity contribution in [3.63, 3.8) is 0 Å². The van der Waals surface area contributed by atoms with Crippen LogP contribution in [0.5, 0.6) is 0 Å². The number of carboxylic acids is 1. The maximum absolute atomic E-state index is 11.8. The van der Waals surface area contributed by atoms with Crippen molar-refractivity contribution in [2.45, 2.75) is 19.1 Å². The molecule has 94 valence electrons. The summed E-state index contributed by atoms with van der Waals surface area (Å²) in [6, 6.07) is 3.57. The molecule has 0 bridgehead atoms. The number of nitrogens with two attached hydrogens (primary N) is 1. The minimum Gasteiger partial charge on any atom is -0.480 e. The Kier molecular flexibility index (Phi) is 3.47. The van der Waals surface area contributed by atoms with E-state index in [0.717, 1.165) is 5.56 Å². The fraction of sp³-hybridized carbons (Fsp3) is 0.273. The Morgan fingerprint density at radius 3 is 2.89 bits per heavy atom. The van der Waals surface area contributed by atoms with Crippen LogP contribution >= 0.6 is 0 Å². The van der Waals surface area contributed by atoms with Gasteiger partial charge in [0.1, 0.15) is 6.04 Å². The third-order valence-corrected chi connectivity index (χ3v) is 2.85. The van der Waals surface area contributed by atoms with Crippen LogP contribution in [-0.2, 0) is 16.1 Å². The zero-order chi connectivity index (χ0) is 13.3. The molecule has 4 N–H and O–H groups in total. The zero-order valence-corrected chi connectivity index (χ0v) is 9.50. The fourth-order valence-electron chi connectivity index (χ4n) is 1.79. The Morgan fingerprint density at radius 2 is 2.22 bits per heavy atom. The summed E-state index contributed by atoms with van der Waals surface area (Å²) in [7, 11) is -1.03. The van der Waals surface area contributed by atoms with E-state index in [1.54, 1.807) is 12.1 Å². The average Bonchev–Trinajstić information content (AvgIpc) is 2.70. The molecular weight excluding hydrogens is 237 g/mol. The Hall–Kier alpha value is -1.70. The molecule has 18 heavy (non-hydrogen) atoms. The Labute approximate surface area is 104 Å². The van der Waals surface area contributed by atoms with Crippen molar-refractivity contribution in [3.8, 4) is 0 Å². The topological polar surface area (TPSA) is 110 Å². The lowest BCUT2D eigenvalue weighted by atomic mass is 9.78. The lowest BCUT2D eigenvalue weighted by Gasteiger charge is -2.07. The second-order valence-electron chi connectivity index (χ2n) is 4.15. The van der Waals surface area contributed by atoms with E-state index >= 15 is 0 Å². The fourth-order valence-corrected chi connectivity index (χ4v) is 1.79. The maximum atomic E-state index is 11.8. The first-order chi connectivity index (χ1) is 8.49. The molecule has 0 fully saturated rings. The molecule has 7 heteroatoms. The molecule has 0 aliphatic carbocycles. The van der Waals surface area contributed by atoms with Crippen LogP contribution < -0.4 is 11.2 Å². The van der Waals surface area contributed by atoms with Crippen molar-refractivity contribution in [1.82, 2.24) is 0 Å². The lowest BCUT2D eigenvalue weighted by molar-refractivity contribution is -0.138. The second kappa shape index (κ2) is 4.89. The highest BCUT2D eigenvalue weighted by Gasteiger charge is 2.28. The molecule has 2 rings (SSSR count). The molecule has 1 aliphatic heterocycles. The van der Waals surface area contributed by atoms with Crippen LogP contribution in [-0.4, -0.2) is 35.0 Å². The van der Waals surface area contributed by atoms with Gasteiger partial charge in [0.25, 0.3) is 0 Å².